The fourth-order valence-corrected chi connectivity index (χ4v) is 0.939. The lowest BCUT2D eigenvalue weighted by Crippen LogP contribution is -2.03. The Morgan fingerprint density at radius 1 is 1.30 bits per heavy atom. The van der Waals surface area contributed by atoms with Crippen molar-refractivity contribution in [1.82, 2.24) is 0 Å². The van der Waals surface area contributed by atoms with Crippen molar-refractivity contribution < 1.29 is 4.32 Å². The van der Waals surface area contributed by atoms with E-state index >= 15 is 0 Å². The minimum absolute atomic E-state index is 0.529. The van der Waals surface area contributed by atoms with Gasteiger partial charge in [0.05, 0.1) is 0 Å². The van der Waals surface area contributed by atoms with Crippen LogP contribution in [-0.2, 0) is 6.32 Å². The lowest BCUT2D eigenvalue weighted by molar-refractivity contribution is 0.827. The molecule has 0 atom stereocenters. The molecule has 1 aromatic rings. The Hall–Kier alpha value is -0.785. The summed E-state index contributed by atoms with van der Waals surface area (Å²) in [5, 5.41) is 0. The van der Waals surface area contributed by atoms with Gasteiger partial charge in [0.25, 0.3) is 0 Å². The van der Waals surface area contributed by atoms with Gasteiger partial charge < -0.3 is 4.32 Å². The van der Waals surface area contributed by atoms with Crippen LogP contribution in [-0.4, -0.2) is 6.99 Å². The van der Waals surface area contributed by atoms with Gasteiger partial charge in [-0.1, -0.05) is 42.7 Å². The van der Waals surface area contributed by atoms with Crippen LogP contribution in [0, 0.1) is 0 Å². The Balaban J connectivity index is 2.59. The average molecular weight is 136 g/mol. The molecule has 1 rings (SSSR count). The largest absolute Gasteiger partial charge is 0.349 e. The van der Waals surface area contributed by atoms with Crippen LogP contribution in [0.4, 0.5) is 4.32 Å². The van der Waals surface area contributed by atoms with Crippen LogP contribution < -0.4 is 0 Å². The zero-order chi connectivity index (χ0) is 7.40. The summed E-state index contributed by atoms with van der Waals surface area (Å²) in [7, 11) is 0. The third kappa shape index (κ3) is 2.22. The standard InChI is InChI=1S/C8H10BF/c1-9(10)7-8-5-3-2-4-6-8/h2-6H,7H2,1H3. The second kappa shape index (κ2) is 3.40. The van der Waals surface area contributed by atoms with Gasteiger partial charge in [-0.05, 0) is 6.32 Å². The third-order valence-corrected chi connectivity index (χ3v) is 1.36. The minimum atomic E-state index is -0.734. The highest BCUT2D eigenvalue weighted by Gasteiger charge is 2.04. The summed E-state index contributed by atoms with van der Waals surface area (Å²) in [6.07, 6.45) is 0.529. The zero-order valence-corrected chi connectivity index (χ0v) is 6.05. The molecule has 10 heavy (non-hydrogen) atoms. The number of rotatable bonds is 2. The fraction of sp³-hybridized carbons (Fsp3) is 0.250. The third-order valence-electron chi connectivity index (χ3n) is 1.36. The molecular formula is C8H10BF. The van der Waals surface area contributed by atoms with Crippen molar-refractivity contribution in [2.24, 2.45) is 0 Å². The SMILES string of the molecule is CB(F)Cc1ccccc1. The van der Waals surface area contributed by atoms with Gasteiger partial charge in [0.1, 0.15) is 0 Å². The smallest absolute Gasteiger partial charge is 0.336 e. The van der Waals surface area contributed by atoms with E-state index in [1.54, 1.807) is 6.82 Å². The van der Waals surface area contributed by atoms with E-state index in [0.717, 1.165) is 5.56 Å². The van der Waals surface area contributed by atoms with Crippen LogP contribution in [0.1, 0.15) is 5.56 Å². The Labute approximate surface area is 61.2 Å². The van der Waals surface area contributed by atoms with E-state index in [1.807, 2.05) is 30.3 Å². The molecule has 0 heterocycles. The van der Waals surface area contributed by atoms with Crippen LogP contribution in [0.2, 0.25) is 6.82 Å². The average Bonchev–Trinajstić information content (AvgIpc) is 1.88. The first-order valence-corrected chi connectivity index (χ1v) is 3.47. The highest BCUT2D eigenvalue weighted by molar-refractivity contribution is 6.48. The van der Waals surface area contributed by atoms with Gasteiger partial charge in [-0.2, -0.15) is 0 Å². The molecule has 0 spiro atoms. The lowest BCUT2D eigenvalue weighted by atomic mass is 9.69. The van der Waals surface area contributed by atoms with E-state index < -0.39 is 6.99 Å². The first-order valence-electron chi connectivity index (χ1n) is 3.47. The molecule has 0 N–H and O–H groups in total. The van der Waals surface area contributed by atoms with Crippen LogP contribution in [0.25, 0.3) is 0 Å². The van der Waals surface area contributed by atoms with Gasteiger partial charge in [-0.3, -0.25) is 0 Å². The Bertz CT molecular complexity index is 184. The van der Waals surface area contributed by atoms with Crippen LogP contribution in [0.15, 0.2) is 30.3 Å². The fourth-order valence-electron chi connectivity index (χ4n) is 0.939. The van der Waals surface area contributed by atoms with Gasteiger partial charge in [-0.25, -0.2) is 0 Å². The maximum absolute atomic E-state index is 12.4. The normalized spacial score (nSPS) is 9.40. The molecule has 0 radical (unpaired) electrons. The van der Waals surface area contributed by atoms with E-state index in [1.165, 1.54) is 0 Å². The molecule has 0 aliphatic carbocycles. The zero-order valence-electron chi connectivity index (χ0n) is 6.05. The first kappa shape index (κ1) is 7.32. The van der Waals surface area contributed by atoms with Crippen molar-refractivity contribution >= 4 is 6.99 Å². The Morgan fingerprint density at radius 3 is 2.40 bits per heavy atom. The molecule has 0 amide bonds. The first-order chi connectivity index (χ1) is 4.79. The van der Waals surface area contributed by atoms with Gasteiger partial charge in [0.15, 0.2) is 0 Å². The maximum atomic E-state index is 12.4. The molecule has 2 heteroatoms. The van der Waals surface area contributed by atoms with Crippen molar-refractivity contribution in [2.45, 2.75) is 13.1 Å². The minimum Gasteiger partial charge on any atom is -0.336 e. The van der Waals surface area contributed by atoms with Crippen molar-refractivity contribution in [2.75, 3.05) is 0 Å². The van der Waals surface area contributed by atoms with Crippen molar-refractivity contribution in [1.29, 1.82) is 0 Å². The summed E-state index contributed by atoms with van der Waals surface area (Å²) in [6.45, 7) is 0.842. The predicted octanol–water partition coefficient (Wildman–Crippen LogP) is 2.36. The van der Waals surface area contributed by atoms with Crippen molar-refractivity contribution in [3.05, 3.63) is 35.9 Å². The molecule has 52 valence electrons. The molecule has 0 fully saturated rings. The van der Waals surface area contributed by atoms with E-state index in [4.69, 9.17) is 0 Å². The van der Waals surface area contributed by atoms with Crippen LogP contribution in [0.5, 0.6) is 0 Å². The lowest BCUT2D eigenvalue weighted by Gasteiger charge is -1.96. The van der Waals surface area contributed by atoms with Gasteiger partial charge in [-0.15, -0.1) is 0 Å². The second-order valence-electron chi connectivity index (χ2n) is 2.47. The van der Waals surface area contributed by atoms with Crippen molar-refractivity contribution in [3.63, 3.8) is 0 Å². The summed E-state index contributed by atoms with van der Waals surface area (Å²) in [5.41, 5.74) is 1.07. The van der Waals surface area contributed by atoms with E-state index in [9.17, 15) is 4.32 Å². The molecular weight excluding hydrogens is 126 g/mol. The maximum Gasteiger partial charge on any atom is 0.349 e. The van der Waals surface area contributed by atoms with Gasteiger partial charge in [0.2, 0.25) is 0 Å². The molecule has 0 saturated carbocycles. The van der Waals surface area contributed by atoms with Crippen molar-refractivity contribution in [3.8, 4) is 0 Å². The molecule has 0 aromatic heterocycles. The molecule has 0 nitrogen and oxygen atoms in total. The van der Waals surface area contributed by atoms with E-state index in [0.29, 0.717) is 6.32 Å². The van der Waals surface area contributed by atoms with E-state index in [-0.39, 0.29) is 0 Å². The summed E-state index contributed by atoms with van der Waals surface area (Å²) < 4.78 is 12.4. The van der Waals surface area contributed by atoms with E-state index in [2.05, 4.69) is 0 Å². The Morgan fingerprint density at radius 2 is 1.90 bits per heavy atom. The monoisotopic (exact) mass is 136 g/mol. The summed E-state index contributed by atoms with van der Waals surface area (Å²) in [6, 6.07) is 9.67. The number of hydrogen-bond donors (Lipinski definition) is 0. The van der Waals surface area contributed by atoms with Gasteiger partial charge >= 0.3 is 6.99 Å². The predicted molar refractivity (Wildman–Crippen MR) is 42.9 cm³/mol. The number of benzene rings is 1. The number of halogens is 1. The Kier molecular flexibility index (Phi) is 2.49. The molecule has 0 unspecified atom stereocenters. The second-order valence-corrected chi connectivity index (χ2v) is 2.47. The molecule has 0 saturated heterocycles. The highest BCUT2D eigenvalue weighted by Crippen LogP contribution is 2.01. The number of hydrogen-bond acceptors (Lipinski definition) is 0. The molecule has 0 bridgehead atoms. The highest BCUT2D eigenvalue weighted by atomic mass is 19.1. The molecule has 0 aliphatic heterocycles. The quantitative estimate of drug-likeness (QED) is 0.547. The van der Waals surface area contributed by atoms with Gasteiger partial charge in [0, 0.05) is 0 Å². The summed E-state index contributed by atoms with van der Waals surface area (Å²) in [5.74, 6) is 0. The summed E-state index contributed by atoms with van der Waals surface area (Å²) in [4.78, 5) is 0. The van der Waals surface area contributed by atoms with Crippen LogP contribution in [0.3, 0.4) is 0 Å². The molecule has 0 aliphatic rings. The van der Waals surface area contributed by atoms with Crippen LogP contribution >= 0.6 is 0 Å². The summed E-state index contributed by atoms with van der Waals surface area (Å²) >= 11 is 0. The topological polar surface area (TPSA) is 0 Å². The molecule has 1 aromatic carbocycles.